The van der Waals surface area contributed by atoms with Gasteiger partial charge in [0.15, 0.2) is 0 Å². The van der Waals surface area contributed by atoms with Crippen LogP contribution in [0.1, 0.15) is 0 Å². The molecular weight excluding hydrogens is 520 g/mol. The van der Waals surface area contributed by atoms with Gasteiger partial charge in [-0.15, -0.1) is 0 Å². The van der Waals surface area contributed by atoms with Crippen molar-refractivity contribution in [3.8, 4) is 33.4 Å². The van der Waals surface area contributed by atoms with Gasteiger partial charge in [0.25, 0.3) is 0 Å². The fourth-order valence-corrected chi connectivity index (χ4v) is 6.95. The second-order valence-electron chi connectivity index (χ2n) is 11.3. The summed E-state index contributed by atoms with van der Waals surface area (Å²) in [6.45, 7) is 0. The van der Waals surface area contributed by atoms with Crippen LogP contribution in [0.15, 0.2) is 162 Å². The van der Waals surface area contributed by atoms with E-state index in [-0.39, 0.29) is 0 Å². The molecule has 43 heavy (non-hydrogen) atoms. The minimum absolute atomic E-state index is 0.922. The van der Waals surface area contributed by atoms with Gasteiger partial charge in [-0.3, -0.25) is 0 Å². The Kier molecular flexibility index (Phi) is 5.27. The van der Waals surface area contributed by atoms with Crippen LogP contribution in [0.4, 0.5) is 0 Å². The van der Waals surface area contributed by atoms with Crippen molar-refractivity contribution >= 4 is 54.3 Å². The van der Waals surface area contributed by atoms with Crippen molar-refractivity contribution in [3.63, 3.8) is 0 Å². The van der Waals surface area contributed by atoms with Crippen molar-refractivity contribution in [2.75, 3.05) is 0 Å². The molecule has 1 heteroatoms. The van der Waals surface area contributed by atoms with E-state index in [0.717, 1.165) is 21.9 Å². The highest BCUT2D eigenvalue weighted by atomic mass is 16.3. The lowest BCUT2D eigenvalue weighted by Gasteiger charge is -2.18. The molecule has 0 aliphatic carbocycles. The van der Waals surface area contributed by atoms with Crippen molar-refractivity contribution in [1.29, 1.82) is 0 Å². The van der Waals surface area contributed by atoms with Crippen LogP contribution in [0.25, 0.3) is 87.6 Å². The van der Waals surface area contributed by atoms with Gasteiger partial charge in [0.1, 0.15) is 11.2 Å². The van der Waals surface area contributed by atoms with E-state index in [4.69, 9.17) is 4.42 Å². The molecule has 9 rings (SSSR count). The van der Waals surface area contributed by atoms with Gasteiger partial charge in [-0.2, -0.15) is 0 Å². The lowest BCUT2D eigenvalue weighted by atomic mass is 9.85. The molecule has 0 saturated heterocycles. The third-order valence-corrected chi connectivity index (χ3v) is 8.83. The summed E-state index contributed by atoms with van der Waals surface area (Å²) in [7, 11) is 0. The van der Waals surface area contributed by atoms with Crippen LogP contribution < -0.4 is 0 Å². The smallest absolute Gasteiger partial charge is 0.136 e. The number of furan rings is 1. The minimum atomic E-state index is 0.922. The van der Waals surface area contributed by atoms with Crippen LogP contribution in [0.3, 0.4) is 0 Å². The molecule has 8 aromatic carbocycles. The molecule has 0 spiro atoms. The highest BCUT2D eigenvalue weighted by Crippen LogP contribution is 2.44. The Hall–Kier alpha value is -5.66. The van der Waals surface area contributed by atoms with Crippen molar-refractivity contribution in [3.05, 3.63) is 158 Å². The second kappa shape index (κ2) is 9.44. The number of fused-ring (bicyclic) bond motifs is 6. The van der Waals surface area contributed by atoms with E-state index < -0.39 is 0 Å². The average molecular weight is 547 g/mol. The van der Waals surface area contributed by atoms with Crippen molar-refractivity contribution in [2.45, 2.75) is 0 Å². The van der Waals surface area contributed by atoms with Crippen LogP contribution in [0.5, 0.6) is 0 Å². The van der Waals surface area contributed by atoms with Gasteiger partial charge in [-0.05, 0) is 90.0 Å². The van der Waals surface area contributed by atoms with E-state index in [1.165, 1.54) is 65.7 Å². The Morgan fingerprint density at radius 1 is 0.302 bits per heavy atom. The van der Waals surface area contributed by atoms with E-state index in [1.807, 2.05) is 12.1 Å². The Morgan fingerprint density at radius 2 is 0.860 bits per heavy atom. The van der Waals surface area contributed by atoms with Gasteiger partial charge in [0.2, 0.25) is 0 Å². The van der Waals surface area contributed by atoms with E-state index in [0.29, 0.717) is 0 Å². The Bertz CT molecular complexity index is 2440. The normalized spacial score (nSPS) is 11.7. The molecule has 9 aromatic rings. The zero-order chi connectivity index (χ0) is 28.3. The van der Waals surface area contributed by atoms with Gasteiger partial charge in [-0.25, -0.2) is 0 Å². The minimum Gasteiger partial charge on any atom is -0.456 e. The molecule has 1 heterocycles. The fraction of sp³-hybridized carbons (Fsp3) is 0. The SMILES string of the molecule is c1ccc(-c2c3ccccc3c(-c3cccc(-c4cccc5cc6c(cc45)oc4ccccc46)c3)c3ccccc23)cc1. The fourth-order valence-electron chi connectivity index (χ4n) is 6.95. The van der Waals surface area contributed by atoms with Gasteiger partial charge in [-0.1, -0.05) is 133 Å². The maximum absolute atomic E-state index is 6.29. The Morgan fingerprint density at radius 3 is 1.58 bits per heavy atom. The van der Waals surface area contributed by atoms with E-state index >= 15 is 0 Å². The van der Waals surface area contributed by atoms with Crippen molar-refractivity contribution < 1.29 is 4.42 Å². The van der Waals surface area contributed by atoms with Crippen LogP contribution in [0.2, 0.25) is 0 Å². The third kappa shape index (κ3) is 3.72. The Labute approximate surface area is 249 Å². The van der Waals surface area contributed by atoms with Crippen molar-refractivity contribution in [1.82, 2.24) is 0 Å². The zero-order valence-electron chi connectivity index (χ0n) is 23.4. The lowest BCUT2D eigenvalue weighted by Crippen LogP contribution is -1.91. The van der Waals surface area contributed by atoms with Gasteiger partial charge >= 0.3 is 0 Å². The number of hydrogen-bond acceptors (Lipinski definition) is 1. The molecule has 0 radical (unpaired) electrons. The summed E-state index contributed by atoms with van der Waals surface area (Å²) in [5.74, 6) is 0. The summed E-state index contributed by atoms with van der Waals surface area (Å²) in [6.07, 6.45) is 0. The molecule has 0 N–H and O–H groups in total. The van der Waals surface area contributed by atoms with Crippen LogP contribution in [-0.2, 0) is 0 Å². The number of hydrogen-bond donors (Lipinski definition) is 0. The molecule has 0 aliphatic rings. The third-order valence-electron chi connectivity index (χ3n) is 8.83. The summed E-state index contributed by atoms with van der Waals surface area (Å²) >= 11 is 0. The highest BCUT2D eigenvalue weighted by Gasteiger charge is 2.17. The highest BCUT2D eigenvalue weighted by molar-refractivity contribution is 6.21. The predicted octanol–water partition coefficient (Wildman–Crippen LogP) is 12.0. The average Bonchev–Trinajstić information content (AvgIpc) is 3.43. The number of rotatable bonds is 3. The molecule has 0 aliphatic heterocycles. The van der Waals surface area contributed by atoms with Crippen molar-refractivity contribution in [2.24, 2.45) is 0 Å². The van der Waals surface area contributed by atoms with Crippen LogP contribution >= 0.6 is 0 Å². The quantitative estimate of drug-likeness (QED) is 0.201. The molecule has 0 fully saturated rings. The van der Waals surface area contributed by atoms with E-state index in [9.17, 15) is 0 Å². The summed E-state index contributed by atoms with van der Waals surface area (Å²) in [6, 6.07) is 56.8. The topological polar surface area (TPSA) is 13.1 Å². The molecule has 1 aromatic heterocycles. The van der Waals surface area contributed by atoms with Gasteiger partial charge < -0.3 is 4.42 Å². The summed E-state index contributed by atoms with van der Waals surface area (Å²) < 4.78 is 6.29. The second-order valence-corrected chi connectivity index (χ2v) is 11.3. The largest absolute Gasteiger partial charge is 0.456 e. The van der Waals surface area contributed by atoms with Gasteiger partial charge in [0, 0.05) is 10.8 Å². The predicted molar refractivity (Wildman–Crippen MR) is 183 cm³/mol. The summed E-state index contributed by atoms with van der Waals surface area (Å²) in [5, 5.41) is 9.79. The first-order valence-electron chi connectivity index (χ1n) is 14.8. The lowest BCUT2D eigenvalue weighted by molar-refractivity contribution is 0.669. The van der Waals surface area contributed by atoms with Crippen LogP contribution in [-0.4, -0.2) is 0 Å². The molecule has 0 unspecified atom stereocenters. The van der Waals surface area contributed by atoms with E-state index in [2.05, 4.69) is 146 Å². The zero-order valence-corrected chi connectivity index (χ0v) is 23.4. The number of para-hydroxylation sites is 1. The monoisotopic (exact) mass is 546 g/mol. The number of benzene rings is 8. The van der Waals surface area contributed by atoms with Gasteiger partial charge in [0.05, 0.1) is 0 Å². The Balaban J connectivity index is 1.30. The maximum Gasteiger partial charge on any atom is 0.136 e. The molecule has 0 saturated carbocycles. The molecule has 0 amide bonds. The molecule has 1 nitrogen and oxygen atoms in total. The van der Waals surface area contributed by atoms with E-state index in [1.54, 1.807) is 0 Å². The molecule has 0 atom stereocenters. The first-order valence-corrected chi connectivity index (χ1v) is 14.8. The first kappa shape index (κ1) is 24.0. The first-order chi connectivity index (χ1) is 21.3. The summed E-state index contributed by atoms with van der Waals surface area (Å²) in [4.78, 5) is 0. The molecule has 200 valence electrons. The summed E-state index contributed by atoms with van der Waals surface area (Å²) in [5.41, 5.74) is 9.26. The maximum atomic E-state index is 6.29. The van der Waals surface area contributed by atoms with Crippen LogP contribution in [0, 0.1) is 0 Å². The standard InChI is InChI=1S/C42H26O/c1-2-12-27(13-3-1)41-33-18-4-6-20-35(33)42(36-21-7-5-19-34(36)41)30-16-10-14-28(24-30)31-22-11-15-29-25-38-32-17-8-9-23-39(32)43-40(38)26-37(29)31/h1-26H. The molecular formula is C42H26O. The molecule has 0 bridgehead atoms.